The summed E-state index contributed by atoms with van der Waals surface area (Å²) in [4.78, 5) is 23.4. The second-order valence-corrected chi connectivity index (χ2v) is 7.93. The van der Waals surface area contributed by atoms with Crippen LogP contribution in [0.15, 0.2) is 69.7 Å². The first-order valence-electron chi connectivity index (χ1n) is 9.87. The van der Waals surface area contributed by atoms with Crippen LogP contribution in [0.2, 0.25) is 0 Å². The highest BCUT2D eigenvalue weighted by Crippen LogP contribution is 2.44. The number of carbonyl (C=O) groups is 1. The average Bonchev–Trinajstić information content (AvgIpc) is 2.78. The fourth-order valence-corrected chi connectivity index (χ4v) is 3.84. The SMILES string of the molecule is CCOC(=O)C1=C(C)OC(N)=C(C#N)C1c1cc(Br)ccc1OCc1cccc([N+](=O)[O-])c1. The van der Waals surface area contributed by atoms with Gasteiger partial charge in [-0.25, -0.2) is 4.79 Å². The summed E-state index contributed by atoms with van der Waals surface area (Å²) in [5.41, 5.74) is 7.17. The number of rotatable bonds is 7. The molecule has 1 unspecified atom stereocenters. The van der Waals surface area contributed by atoms with Gasteiger partial charge in [0.05, 0.1) is 23.0 Å². The van der Waals surface area contributed by atoms with Gasteiger partial charge >= 0.3 is 5.97 Å². The lowest BCUT2D eigenvalue weighted by Gasteiger charge is -2.28. The number of non-ortho nitro benzene ring substituents is 1. The highest BCUT2D eigenvalue weighted by atomic mass is 79.9. The van der Waals surface area contributed by atoms with E-state index in [0.29, 0.717) is 21.3 Å². The van der Waals surface area contributed by atoms with Crippen molar-refractivity contribution in [1.82, 2.24) is 0 Å². The van der Waals surface area contributed by atoms with Crippen LogP contribution in [0.3, 0.4) is 0 Å². The van der Waals surface area contributed by atoms with Crippen LogP contribution >= 0.6 is 15.9 Å². The van der Waals surface area contributed by atoms with E-state index >= 15 is 0 Å². The third-order valence-corrected chi connectivity index (χ3v) is 5.39. The summed E-state index contributed by atoms with van der Waals surface area (Å²) in [7, 11) is 0. The number of nitro groups is 1. The molecule has 3 rings (SSSR count). The zero-order valence-corrected chi connectivity index (χ0v) is 19.4. The van der Waals surface area contributed by atoms with Crippen molar-refractivity contribution in [2.45, 2.75) is 26.4 Å². The summed E-state index contributed by atoms with van der Waals surface area (Å²) in [6.07, 6.45) is 0. The van der Waals surface area contributed by atoms with E-state index in [0.717, 1.165) is 0 Å². The van der Waals surface area contributed by atoms with Crippen LogP contribution in [0, 0.1) is 21.4 Å². The minimum atomic E-state index is -0.889. The Morgan fingerprint density at radius 2 is 2.09 bits per heavy atom. The number of nitrogens with two attached hydrogens (primary N) is 1. The van der Waals surface area contributed by atoms with Crippen molar-refractivity contribution in [2.75, 3.05) is 6.61 Å². The van der Waals surface area contributed by atoms with Crippen LogP contribution in [0.25, 0.3) is 0 Å². The summed E-state index contributed by atoms with van der Waals surface area (Å²) in [5.74, 6) is -1.05. The maximum absolute atomic E-state index is 12.8. The van der Waals surface area contributed by atoms with Crippen molar-refractivity contribution in [2.24, 2.45) is 5.73 Å². The molecule has 2 N–H and O–H groups in total. The highest BCUT2D eigenvalue weighted by molar-refractivity contribution is 9.10. The van der Waals surface area contributed by atoms with Gasteiger partial charge in [0.15, 0.2) is 0 Å². The predicted octanol–water partition coefficient (Wildman–Crippen LogP) is 4.58. The Balaban J connectivity index is 2.06. The molecule has 1 aliphatic heterocycles. The van der Waals surface area contributed by atoms with Crippen LogP contribution in [0.5, 0.6) is 5.75 Å². The van der Waals surface area contributed by atoms with E-state index in [9.17, 15) is 20.2 Å². The van der Waals surface area contributed by atoms with Gasteiger partial charge in [0.2, 0.25) is 5.88 Å². The van der Waals surface area contributed by atoms with Gasteiger partial charge in [-0.05, 0) is 37.6 Å². The van der Waals surface area contributed by atoms with Gasteiger partial charge in [-0.1, -0.05) is 28.1 Å². The molecule has 0 saturated heterocycles. The molecule has 9 nitrogen and oxygen atoms in total. The molecule has 0 saturated carbocycles. The molecule has 0 aliphatic carbocycles. The van der Waals surface area contributed by atoms with E-state index in [1.165, 1.54) is 12.1 Å². The molecular weight excluding hydrogens is 494 g/mol. The Morgan fingerprint density at radius 1 is 1.33 bits per heavy atom. The molecular formula is C23H20BrN3O6. The first kappa shape index (κ1) is 23.8. The lowest BCUT2D eigenvalue weighted by molar-refractivity contribution is -0.384. The Kier molecular flexibility index (Phi) is 7.35. The van der Waals surface area contributed by atoms with Crippen LogP contribution in [0.1, 0.15) is 30.9 Å². The van der Waals surface area contributed by atoms with Gasteiger partial charge in [0, 0.05) is 22.2 Å². The number of esters is 1. The number of nitro benzene ring substituents is 1. The van der Waals surface area contributed by atoms with E-state index in [1.807, 2.05) is 6.07 Å². The topological polar surface area (TPSA) is 138 Å². The minimum Gasteiger partial charge on any atom is -0.489 e. The number of ether oxygens (including phenoxy) is 3. The fraction of sp³-hybridized carbons (Fsp3) is 0.217. The third-order valence-electron chi connectivity index (χ3n) is 4.90. The van der Waals surface area contributed by atoms with Gasteiger partial charge in [0.25, 0.3) is 5.69 Å². The van der Waals surface area contributed by atoms with E-state index in [-0.39, 0.29) is 41.7 Å². The Bertz CT molecular complexity index is 1210. The molecule has 33 heavy (non-hydrogen) atoms. The van der Waals surface area contributed by atoms with Crippen LogP contribution in [-0.4, -0.2) is 17.5 Å². The Hall–Kier alpha value is -3.84. The Morgan fingerprint density at radius 3 is 2.76 bits per heavy atom. The standard InChI is InChI=1S/C23H20BrN3O6/c1-3-31-23(28)20-13(2)33-22(26)18(11-25)21(20)17-10-15(24)7-8-19(17)32-12-14-5-4-6-16(9-14)27(29)30/h4-10,21H,3,12,26H2,1-2H3. The maximum atomic E-state index is 12.8. The Labute approximate surface area is 198 Å². The first-order chi connectivity index (χ1) is 15.8. The third kappa shape index (κ3) is 5.15. The molecule has 0 aromatic heterocycles. The molecule has 170 valence electrons. The zero-order valence-electron chi connectivity index (χ0n) is 17.8. The smallest absolute Gasteiger partial charge is 0.338 e. The van der Waals surface area contributed by atoms with Crippen molar-refractivity contribution in [1.29, 1.82) is 5.26 Å². The molecule has 2 aromatic rings. The maximum Gasteiger partial charge on any atom is 0.338 e. The van der Waals surface area contributed by atoms with E-state index in [4.69, 9.17) is 19.9 Å². The van der Waals surface area contributed by atoms with Gasteiger partial charge in [0.1, 0.15) is 29.8 Å². The second-order valence-electron chi connectivity index (χ2n) is 7.01. The van der Waals surface area contributed by atoms with Crippen molar-refractivity contribution in [3.8, 4) is 11.8 Å². The van der Waals surface area contributed by atoms with Crippen molar-refractivity contribution in [3.63, 3.8) is 0 Å². The molecule has 0 bridgehead atoms. The van der Waals surface area contributed by atoms with Gasteiger partial charge in [-0.2, -0.15) is 5.26 Å². The van der Waals surface area contributed by atoms with E-state index in [2.05, 4.69) is 15.9 Å². The number of hydrogen-bond donors (Lipinski definition) is 1. The highest BCUT2D eigenvalue weighted by Gasteiger charge is 2.38. The summed E-state index contributed by atoms with van der Waals surface area (Å²) in [5, 5.41) is 20.9. The van der Waals surface area contributed by atoms with E-state index in [1.54, 1.807) is 44.2 Å². The monoisotopic (exact) mass is 513 g/mol. The van der Waals surface area contributed by atoms with Crippen LogP contribution in [0.4, 0.5) is 5.69 Å². The van der Waals surface area contributed by atoms with Crippen molar-refractivity contribution < 1.29 is 23.9 Å². The molecule has 1 atom stereocenters. The normalized spacial score (nSPS) is 15.5. The first-order valence-corrected chi connectivity index (χ1v) is 10.7. The molecule has 1 aliphatic rings. The molecule has 2 aromatic carbocycles. The van der Waals surface area contributed by atoms with Crippen molar-refractivity contribution >= 4 is 27.6 Å². The molecule has 10 heteroatoms. The number of benzene rings is 2. The summed E-state index contributed by atoms with van der Waals surface area (Å²) < 4.78 is 17.3. The van der Waals surface area contributed by atoms with Gasteiger partial charge in [-0.3, -0.25) is 10.1 Å². The zero-order chi connectivity index (χ0) is 24.1. The quantitative estimate of drug-likeness (QED) is 0.322. The summed E-state index contributed by atoms with van der Waals surface area (Å²) in [6, 6.07) is 13.2. The summed E-state index contributed by atoms with van der Waals surface area (Å²) in [6.45, 7) is 3.41. The van der Waals surface area contributed by atoms with Gasteiger partial charge < -0.3 is 19.9 Å². The number of nitriles is 1. The van der Waals surface area contributed by atoms with E-state index < -0.39 is 16.8 Å². The minimum absolute atomic E-state index is 0.0258. The fourth-order valence-electron chi connectivity index (χ4n) is 3.46. The number of nitrogens with zero attached hydrogens (tertiary/aromatic N) is 2. The number of halogens is 1. The summed E-state index contributed by atoms with van der Waals surface area (Å²) >= 11 is 3.42. The molecule has 0 spiro atoms. The van der Waals surface area contributed by atoms with Gasteiger partial charge in [-0.15, -0.1) is 0 Å². The largest absolute Gasteiger partial charge is 0.489 e. The lowest BCUT2D eigenvalue weighted by Crippen LogP contribution is -2.26. The van der Waals surface area contributed by atoms with Crippen LogP contribution in [-0.2, 0) is 20.9 Å². The average molecular weight is 514 g/mol. The molecule has 0 amide bonds. The second kappa shape index (κ2) is 10.2. The molecule has 0 fully saturated rings. The lowest BCUT2D eigenvalue weighted by atomic mass is 9.82. The van der Waals surface area contributed by atoms with Crippen LogP contribution < -0.4 is 10.5 Å². The number of carbonyl (C=O) groups excluding carboxylic acids is 1. The number of allylic oxidation sites excluding steroid dienone is 2. The molecule has 1 heterocycles. The van der Waals surface area contributed by atoms with Crippen molar-refractivity contribution in [3.05, 3.63) is 91.0 Å². The predicted molar refractivity (Wildman–Crippen MR) is 122 cm³/mol. The number of hydrogen-bond acceptors (Lipinski definition) is 8. The molecule has 0 radical (unpaired) electrons.